The van der Waals surface area contributed by atoms with Crippen LogP contribution in [0.2, 0.25) is 0 Å². The number of ether oxygens (including phenoxy) is 2. The van der Waals surface area contributed by atoms with Gasteiger partial charge in [0.15, 0.2) is 6.29 Å². The quantitative estimate of drug-likeness (QED) is 0.0261. The van der Waals surface area contributed by atoms with Crippen LogP contribution < -0.4 is 5.32 Å². The molecule has 0 aromatic carbocycles. The van der Waals surface area contributed by atoms with Crippen LogP contribution in [0, 0.1) is 0 Å². The van der Waals surface area contributed by atoms with E-state index in [2.05, 4.69) is 67.8 Å². The van der Waals surface area contributed by atoms with Gasteiger partial charge in [-0.25, -0.2) is 0 Å². The zero-order valence-corrected chi connectivity index (χ0v) is 42.4. The maximum absolute atomic E-state index is 13.0. The van der Waals surface area contributed by atoms with Crippen LogP contribution in [0.25, 0.3) is 0 Å². The number of aliphatic hydroxyl groups excluding tert-OH is 5. The lowest BCUT2D eigenvalue weighted by Crippen LogP contribution is -2.60. The number of carbonyl (C=O) groups excluding carboxylic acids is 1. The average Bonchev–Trinajstić information content (AvgIpc) is 3.32. The fourth-order valence-corrected chi connectivity index (χ4v) is 8.40. The van der Waals surface area contributed by atoms with Gasteiger partial charge < -0.3 is 40.3 Å². The summed E-state index contributed by atoms with van der Waals surface area (Å²) in [6.45, 7) is 3.76. The monoisotopic (exact) mass is 930 g/mol. The summed E-state index contributed by atoms with van der Waals surface area (Å²) in [5.41, 5.74) is 0. The van der Waals surface area contributed by atoms with E-state index in [0.717, 1.165) is 64.2 Å². The molecule has 9 heteroatoms. The maximum atomic E-state index is 13.0. The van der Waals surface area contributed by atoms with Crippen molar-refractivity contribution in [2.24, 2.45) is 0 Å². The number of aliphatic hydroxyl groups is 5. The largest absolute Gasteiger partial charge is 0.394 e. The standard InChI is InChI=1S/C57H103NO8/c1-3-5-7-9-11-13-15-17-19-21-23-25-26-27-29-31-33-35-37-39-41-43-45-47-53(61)58-50(49-65-57-56(64)55(63)54(62)52(48-59)66-57)51(60)46-44-42-40-38-36-34-32-30-28-24-22-20-18-16-14-12-10-8-6-4-2/h23,25,27-30,36,38,44,46,50-52,54-57,59-60,62-64H,3-22,24,26,31-35,37,39-43,45,47-49H2,1-2H3,(H,58,61)/b25-23-,29-27-,30-28+,38-36+,46-44+. The molecule has 9 nitrogen and oxygen atoms in total. The lowest BCUT2D eigenvalue weighted by atomic mass is 9.99. The molecule has 1 aliphatic rings. The predicted molar refractivity (Wildman–Crippen MR) is 276 cm³/mol. The Balaban J connectivity index is 2.31. The first kappa shape index (κ1) is 61.9. The van der Waals surface area contributed by atoms with Crippen LogP contribution >= 0.6 is 0 Å². The molecule has 0 saturated carbocycles. The number of hydrogen-bond donors (Lipinski definition) is 6. The Hall–Kier alpha value is -2.11. The van der Waals surface area contributed by atoms with Crippen molar-refractivity contribution in [1.29, 1.82) is 0 Å². The molecule has 0 bridgehead atoms. The van der Waals surface area contributed by atoms with E-state index in [-0.39, 0.29) is 12.5 Å². The van der Waals surface area contributed by atoms with E-state index in [9.17, 15) is 30.3 Å². The van der Waals surface area contributed by atoms with Gasteiger partial charge >= 0.3 is 0 Å². The van der Waals surface area contributed by atoms with Crippen molar-refractivity contribution < 1.29 is 39.8 Å². The second-order valence-electron chi connectivity index (χ2n) is 19.0. The Morgan fingerprint density at radius 2 is 0.909 bits per heavy atom. The Kier molecular flexibility index (Phi) is 43.7. The minimum Gasteiger partial charge on any atom is -0.394 e. The van der Waals surface area contributed by atoms with Gasteiger partial charge in [-0.2, -0.15) is 0 Å². The second kappa shape index (κ2) is 46.6. The van der Waals surface area contributed by atoms with Crippen LogP contribution in [0.1, 0.15) is 239 Å². The third kappa shape index (κ3) is 36.0. The van der Waals surface area contributed by atoms with Gasteiger partial charge in [-0.3, -0.25) is 4.79 Å². The van der Waals surface area contributed by atoms with Crippen molar-refractivity contribution in [1.82, 2.24) is 5.32 Å². The van der Waals surface area contributed by atoms with E-state index < -0.39 is 49.5 Å². The highest BCUT2D eigenvalue weighted by molar-refractivity contribution is 5.76. The van der Waals surface area contributed by atoms with Crippen molar-refractivity contribution in [2.75, 3.05) is 13.2 Å². The van der Waals surface area contributed by atoms with Gasteiger partial charge in [0.25, 0.3) is 0 Å². The van der Waals surface area contributed by atoms with Crippen LogP contribution in [-0.2, 0) is 14.3 Å². The Bertz CT molecular complexity index is 1220. The van der Waals surface area contributed by atoms with Crippen LogP contribution in [0.15, 0.2) is 60.8 Å². The van der Waals surface area contributed by atoms with Gasteiger partial charge in [0.2, 0.25) is 5.91 Å². The number of rotatable bonds is 46. The lowest BCUT2D eigenvalue weighted by Gasteiger charge is -2.40. The number of allylic oxidation sites excluding steroid dienone is 9. The molecule has 0 aromatic heterocycles. The molecule has 1 fully saturated rings. The summed E-state index contributed by atoms with van der Waals surface area (Å²) in [6, 6.07) is -0.835. The second-order valence-corrected chi connectivity index (χ2v) is 19.0. The van der Waals surface area contributed by atoms with E-state index in [0.29, 0.717) is 6.42 Å². The summed E-state index contributed by atoms with van der Waals surface area (Å²) in [6.07, 6.45) is 55.6. The first-order valence-corrected chi connectivity index (χ1v) is 27.5. The third-order valence-electron chi connectivity index (χ3n) is 12.8. The molecule has 1 rings (SSSR count). The van der Waals surface area contributed by atoms with Gasteiger partial charge in [-0.1, -0.05) is 216 Å². The summed E-state index contributed by atoms with van der Waals surface area (Å²) in [5, 5.41) is 54.4. The zero-order chi connectivity index (χ0) is 48.0. The van der Waals surface area contributed by atoms with E-state index >= 15 is 0 Å². The molecule has 1 amide bonds. The number of unbranched alkanes of at least 4 members (excludes halogenated alkanes) is 28. The van der Waals surface area contributed by atoms with Crippen LogP contribution in [0.5, 0.6) is 0 Å². The van der Waals surface area contributed by atoms with Crippen molar-refractivity contribution in [3.05, 3.63) is 60.8 Å². The summed E-state index contributed by atoms with van der Waals surface area (Å²) < 4.78 is 11.2. The summed E-state index contributed by atoms with van der Waals surface area (Å²) in [5.74, 6) is -0.199. The topological polar surface area (TPSA) is 149 Å². The van der Waals surface area contributed by atoms with Crippen LogP contribution in [0.3, 0.4) is 0 Å². The highest BCUT2D eigenvalue weighted by Crippen LogP contribution is 2.23. The molecule has 0 radical (unpaired) electrons. The number of carbonyl (C=O) groups is 1. The summed E-state index contributed by atoms with van der Waals surface area (Å²) in [4.78, 5) is 13.0. The van der Waals surface area contributed by atoms with Gasteiger partial charge in [0, 0.05) is 6.42 Å². The highest BCUT2D eigenvalue weighted by atomic mass is 16.7. The smallest absolute Gasteiger partial charge is 0.220 e. The minimum atomic E-state index is -1.58. The van der Waals surface area contributed by atoms with E-state index in [4.69, 9.17) is 9.47 Å². The maximum Gasteiger partial charge on any atom is 0.220 e. The van der Waals surface area contributed by atoms with Crippen molar-refractivity contribution in [2.45, 2.75) is 281 Å². The molecule has 0 spiro atoms. The number of amides is 1. The fourth-order valence-electron chi connectivity index (χ4n) is 8.40. The van der Waals surface area contributed by atoms with Crippen molar-refractivity contribution in [3.63, 3.8) is 0 Å². The SMILES string of the molecule is CCCCCCCCCCC/C=C\C/C=C\CCCCCCCCCC(=O)NC(COC1OC(CO)C(O)C(O)C1O)C(O)/C=C/CC/C=C/CC/C=C/CCCCCCCCCCCC. The first-order chi connectivity index (χ1) is 32.3. The molecular weight excluding hydrogens is 827 g/mol. The fraction of sp³-hybridized carbons (Fsp3) is 0.807. The van der Waals surface area contributed by atoms with Gasteiger partial charge in [0.05, 0.1) is 25.4 Å². The molecule has 0 aliphatic carbocycles. The molecule has 0 aromatic rings. The average molecular weight is 930 g/mol. The predicted octanol–water partition coefficient (Wildman–Crippen LogP) is 13.1. The molecule has 66 heavy (non-hydrogen) atoms. The van der Waals surface area contributed by atoms with Gasteiger partial charge in [0.1, 0.15) is 24.4 Å². The Morgan fingerprint density at radius 3 is 1.36 bits per heavy atom. The Morgan fingerprint density at radius 1 is 0.515 bits per heavy atom. The molecule has 1 saturated heterocycles. The molecular formula is C57H103NO8. The molecule has 7 atom stereocenters. The molecule has 384 valence electrons. The molecule has 7 unspecified atom stereocenters. The van der Waals surface area contributed by atoms with E-state index in [1.165, 1.54) is 154 Å². The third-order valence-corrected chi connectivity index (χ3v) is 12.8. The number of nitrogens with one attached hydrogen (secondary N) is 1. The van der Waals surface area contributed by atoms with Crippen LogP contribution in [-0.4, -0.2) is 87.5 Å². The lowest BCUT2D eigenvalue weighted by molar-refractivity contribution is -0.302. The van der Waals surface area contributed by atoms with Crippen molar-refractivity contribution >= 4 is 5.91 Å². The summed E-state index contributed by atoms with van der Waals surface area (Å²) >= 11 is 0. The molecule has 1 aliphatic heterocycles. The zero-order valence-electron chi connectivity index (χ0n) is 42.4. The van der Waals surface area contributed by atoms with Crippen molar-refractivity contribution in [3.8, 4) is 0 Å². The normalized spacial score (nSPS) is 20.3. The molecule has 6 N–H and O–H groups in total. The van der Waals surface area contributed by atoms with Crippen LogP contribution in [0.4, 0.5) is 0 Å². The van der Waals surface area contributed by atoms with Gasteiger partial charge in [-0.15, -0.1) is 0 Å². The van der Waals surface area contributed by atoms with E-state index in [1.54, 1.807) is 6.08 Å². The van der Waals surface area contributed by atoms with E-state index in [1.807, 2.05) is 6.08 Å². The minimum absolute atomic E-state index is 0.199. The molecule has 1 heterocycles. The Labute approximate surface area is 405 Å². The first-order valence-electron chi connectivity index (χ1n) is 27.5. The summed E-state index contributed by atoms with van der Waals surface area (Å²) in [7, 11) is 0. The highest BCUT2D eigenvalue weighted by Gasteiger charge is 2.44. The van der Waals surface area contributed by atoms with Gasteiger partial charge in [-0.05, 0) is 77.0 Å². The number of hydrogen-bond acceptors (Lipinski definition) is 8.